The Bertz CT molecular complexity index is 866. The molecule has 4 nitrogen and oxygen atoms in total. The smallest absolute Gasteiger partial charge is 0.308 e. The number of carbonyl (C=O) groups excluding carboxylic acids is 2. The molecule has 27 heavy (non-hydrogen) atoms. The SMILES string of the molecule is CC(=O)Oc1cccc(C(=O)N(Cc2ccccc2)Cc2ccccc2)c1. The van der Waals surface area contributed by atoms with Gasteiger partial charge in [-0.05, 0) is 29.3 Å². The molecule has 3 aromatic carbocycles. The van der Waals surface area contributed by atoms with Gasteiger partial charge in [0.25, 0.3) is 5.91 Å². The van der Waals surface area contributed by atoms with Crippen LogP contribution in [-0.4, -0.2) is 16.8 Å². The van der Waals surface area contributed by atoms with Crippen molar-refractivity contribution < 1.29 is 14.3 Å². The molecule has 3 rings (SSSR count). The summed E-state index contributed by atoms with van der Waals surface area (Å²) in [7, 11) is 0. The summed E-state index contributed by atoms with van der Waals surface area (Å²) in [5, 5.41) is 0. The number of hydrogen-bond donors (Lipinski definition) is 0. The lowest BCUT2D eigenvalue weighted by molar-refractivity contribution is -0.131. The number of esters is 1. The second-order valence-electron chi connectivity index (χ2n) is 6.25. The van der Waals surface area contributed by atoms with Gasteiger partial charge in [-0.15, -0.1) is 0 Å². The second-order valence-corrected chi connectivity index (χ2v) is 6.25. The van der Waals surface area contributed by atoms with E-state index in [2.05, 4.69) is 0 Å². The molecule has 0 heterocycles. The van der Waals surface area contributed by atoms with Gasteiger partial charge in [0.15, 0.2) is 0 Å². The van der Waals surface area contributed by atoms with Crippen LogP contribution in [0.3, 0.4) is 0 Å². The monoisotopic (exact) mass is 359 g/mol. The average Bonchev–Trinajstić information content (AvgIpc) is 2.68. The number of ether oxygens (including phenoxy) is 1. The van der Waals surface area contributed by atoms with Gasteiger partial charge in [-0.1, -0.05) is 66.7 Å². The Hall–Kier alpha value is -3.40. The number of benzene rings is 3. The van der Waals surface area contributed by atoms with Crippen LogP contribution in [-0.2, 0) is 17.9 Å². The molecule has 0 aliphatic carbocycles. The molecule has 0 N–H and O–H groups in total. The lowest BCUT2D eigenvalue weighted by atomic mass is 10.1. The first-order valence-corrected chi connectivity index (χ1v) is 8.77. The normalized spacial score (nSPS) is 10.3. The molecule has 0 radical (unpaired) electrons. The third-order valence-electron chi connectivity index (χ3n) is 4.06. The first kappa shape index (κ1) is 18.4. The summed E-state index contributed by atoms with van der Waals surface area (Å²) in [4.78, 5) is 26.2. The van der Waals surface area contributed by atoms with Gasteiger partial charge >= 0.3 is 5.97 Å². The van der Waals surface area contributed by atoms with E-state index in [4.69, 9.17) is 4.74 Å². The van der Waals surface area contributed by atoms with Gasteiger partial charge in [0.2, 0.25) is 0 Å². The maximum Gasteiger partial charge on any atom is 0.308 e. The van der Waals surface area contributed by atoms with Gasteiger partial charge in [-0.3, -0.25) is 9.59 Å². The Kier molecular flexibility index (Phi) is 6.00. The van der Waals surface area contributed by atoms with E-state index >= 15 is 0 Å². The van der Waals surface area contributed by atoms with Crippen molar-refractivity contribution in [3.63, 3.8) is 0 Å². The molecule has 3 aromatic rings. The zero-order valence-corrected chi connectivity index (χ0v) is 15.2. The summed E-state index contributed by atoms with van der Waals surface area (Å²) in [5.74, 6) is -0.158. The van der Waals surface area contributed by atoms with Crippen LogP contribution in [0.4, 0.5) is 0 Å². The number of hydrogen-bond acceptors (Lipinski definition) is 3. The van der Waals surface area contributed by atoms with Gasteiger partial charge in [0.1, 0.15) is 5.75 Å². The Morgan fingerprint density at radius 1 is 0.778 bits per heavy atom. The molecule has 0 aliphatic heterocycles. The summed E-state index contributed by atoms with van der Waals surface area (Å²) >= 11 is 0. The van der Waals surface area contributed by atoms with Crippen molar-refractivity contribution in [2.24, 2.45) is 0 Å². The fourth-order valence-electron chi connectivity index (χ4n) is 2.85. The molecule has 0 bridgehead atoms. The highest BCUT2D eigenvalue weighted by Gasteiger charge is 2.17. The van der Waals surface area contributed by atoms with E-state index in [1.807, 2.05) is 60.7 Å². The van der Waals surface area contributed by atoms with Gasteiger partial charge in [0.05, 0.1) is 0 Å². The molecule has 0 fully saturated rings. The molecule has 0 atom stereocenters. The summed E-state index contributed by atoms with van der Waals surface area (Å²) in [5.41, 5.74) is 2.59. The molecule has 0 spiro atoms. The summed E-state index contributed by atoms with van der Waals surface area (Å²) < 4.78 is 5.11. The number of carbonyl (C=O) groups is 2. The zero-order chi connectivity index (χ0) is 19.1. The molecule has 136 valence electrons. The van der Waals surface area contributed by atoms with Crippen molar-refractivity contribution in [2.45, 2.75) is 20.0 Å². The van der Waals surface area contributed by atoms with Crippen LogP contribution < -0.4 is 4.74 Å². The second kappa shape index (κ2) is 8.81. The third kappa shape index (κ3) is 5.28. The van der Waals surface area contributed by atoms with Crippen LogP contribution in [0, 0.1) is 0 Å². The van der Waals surface area contributed by atoms with Gasteiger partial charge in [-0.25, -0.2) is 0 Å². The fourth-order valence-corrected chi connectivity index (χ4v) is 2.85. The highest BCUT2D eigenvalue weighted by Crippen LogP contribution is 2.18. The van der Waals surface area contributed by atoms with Crippen LogP contribution in [0.2, 0.25) is 0 Å². The Morgan fingerprint density at radius 3 is 1.85 bits per heavy atom. The highest BCUT2D eigenvalue weighted by atomic mass is 16.5. The predicted octanol–water partition coefficient (Wildman–Crippen LogP) is 4.45. The molecule has 0 unspecified atom stereocenters. The van der Waals surface area contributed by atoms with Crippen LogP contribution in [0.1, 0.15) is 28.4 Å². The molecule has 0 saturated carbocycles. The van der Waals surface area contributed by atoms with E-state index in [1.54, 1.807) is 29.2 Å². The number of rotatable bonds is 6. The fraction of sp³-hybridized carbons (Fsp3) is 0.130. The van der Waals surface area contributed by atoms with Crippen molar-refractivity contribution in [1.29, 1.82) is 0 Å². The van der Waals surface area contributed by atoms with Gasteiger partial charge < -0.3 is 9.64 Å². The average molecular weight is 359 g/mol. The lowest BCUT2D eigenvalue weighted by Gasteiger charge is -2.23. The minimum absolute atomic E-state index is 0.114. The van der Waals surface area contributed by atoms with Crippen LogP contribution in [0.15, 0.2) is 84.9 Å². The van der Waals surface area contributed by atoms with Crippen LogP contribution >= 0.6 is 0 Å². The molecular weight excluding hydrogens is 338 g/mol. The number of nitrogens with zero attached hydrogens (tertiary/aromatic N) is 1. The number of amides is 1. The Balaban J connectivity index is 1.87. The van der Waals surface area contributed by atoms with E-state index in [0.717, 1.165) is 11.1 Å². The Morgan fingerprint density at radius 2 is 1.33 bits per heavy atom. The molecule has 0 aliphatic rings. The van der Waals surface area contributed by atoms with Crippen molar-refractivity contribution in [3.8, 4) is 5.75 Å². The predicted molar refractivity (Wildman–Crippen MR) is 104 cm³/mol. The topological polar surface area (TPSA) is 46.6 Å². The molecule has 4 heteroatoms. The standard InChI is InChI=1S/C23H21NO3/c1-18(25)27-22-14-8-13-21(15-22)23(26)24(16-19-9-4-2-5-10-19)17-20-11-6-3-7-12-20/h2-15H,16-17H2,1H3. The maximum absolute atomic E-state index is 13.2. The summed E-state index contributed by atoms with van der Waals surface area (Å²) in [6.07, 6.45) is 0. The van der Waals surface area contributed by atoms with Crippen molar-refractivity contribution in [1.82, 2.24) is 4.90 Å². The van der Waals surface area contributed by atoms with Crippen molar-refractivity contribution >= 4 is 11.9 Å². The van der Waals surface area contributed by atoms with E-state index < -0.39 is 5.97 Å². The lowest BCUT2D eigenvalue weighted by Crippen LogP contribution is -2.30. The van der Waals surface area contributed by atoms with Crippen LogP contribution in [0.25, 0.3) is 0 Å². The highest BCUT2D eigenvalue weighted by molar-refractivity contribution is 5.94. The first-order chi connectivity index (χ1) is 13.1. The molecule has 1 amide bonds. The minimum atomic E-state index is -0.412. The van der Waals surface area contributed by atoms with Crippen LogP contribution in [0.5, 0.6) is 5.75 Å². The quantitative estimate of drug-likeness (QED) is 0.482. The van der Waals surface area contributed by atoms with E-state index in [9.17, 15) is 9.59 Å². The van der Waals surface area contributed by atoms with Gasteiger partial charge in [-0.2, -0.15) is 0 Å². The molecular formula is C23H21NO3. The first-order valence-electron chi connectivity index (χ1n) is 8.77. The van der Waals surface area contributed by atoms with E-state index in [-0.39, 0.29) is 5.91 Å². The van der Waals surface area contributed by atoms with Gasteiger partial charge in [0, 0.05) is 25.6 Å². The van der Waals surface area contributed by atoms with Crippen molar-refractivity contribution in [2.75, 3.05) is 0 Å². The largest absolute Gasteiger partial charge is 0.427 e. The minimum Gasteiger partial charge on any atom is -0.427 e. The third-order valence-corrected chi connectivity index (χ3v) is 4.06. The zero-order valence-electron chi connectivity index (χ0n) is 15.2. The van der Waals surface area contributed by atoms with E-state index in [0.29, 0.717) is 24.4 Å². The van der Waals surface area contributed by atoms with E-state index in [1.165, 1.54) is 6.92 Å². The summed E-state index contributed by atoms with van der Waals surface area (Å²) in [6.45, 7) is 2.32. The maximum atomic E-state index is 13.2. The Labute approximate surface area is 159 Å². The van der Waals surface area contributed by atoms with Crippen molar-refractivity contribution in [3.05, 3.63) is 102 Å². The molecule has 0 saturated heterocycles. The molecule has 0 aromatic heterocycles. The summed E-state index contributed by atoms with van der Waals surface area (Å²) in [6, 6.07) is 26.5.